The fraction of sp³-hybridized carbons (Fsp3) is 0.143. The first kappa shape index (κ1) is 13.0. The van der Waals surface area contributed by atoms with Crippen molar-refractivity contribution in [3.8, 4) is 11.6 Å². The van der Waals surface area contributed by atoms with Crippen LogP contribution in [0, 0.1) is 0 Å². The van der Waals surface area contributed by atoms with Gasteiger partial charge in [-0.2, -0.15) is 0 Å². The minimum Gasteiger partial charge on any atom is -0.480 e. The van der Waals surface area contributed by atoms with Gasteiger partial charge in [-0.3, -0.25) is 4.79 Å². The maximum atomic E-state index is 10.6. The van der Waals surface area contributed by atoms with E-state index in [1.807, 2.05) is 30.3 Å². The number of benzene rings is 1. The summed E-state index contributed by atoms with van der Waals surface area (Å²) < 4.78 is 5.53. The molecule has 5 nitrogen and oxygen atoms in total. The van der Waals surface area contributed by atoms with Gasteiger partial charge in [-0.1, -0.05) is 24.3 Å². The van der Waals surface area contributed by atoms with E-state index in [0.29, 0.717) is 11.6 Å². The van der Waals surface area contributed by atoms with Crippen molar-refractivity contribution < 1.29 is 14.6 Å². The number of aliphatic carboxylic acids is 1. The molecule has 0 aliphatic rings. The van der Waals surface area contributed by atoms with Gasteiger partial charge in [0, 0.05) is 12.3 Å². The SMILES string of the molecule is NC(Cc1ccc(Oc2ccccc2)nc1)C(=O)O. The van der Waals surface area contributed by atoms with Crippen molar-refractivity contribution >= 4 is 5.97 Å². The molecule has 1 unspecified atom stereocenters. The summed E-state index contributed by atoms with van der Waals surface area (Å²) in [6.07, 6.45) is 1.81. The summed E-state index contributed by atoms with van der Waals surface area (Å²) in [5.74, 6) is 0.133. The second-order valence-electron chi connectivity index (χ2n) is 4.07. The zero-order valence-corrected chi connectivity index (χ0v) is 10.2. The van der Waals surface area contributed by atoms with Crippen LogP contribution in [0.25, 0.3) is 0 Å². The second-order valence-corrected chi connectivity index (χ2v) is 4.07. The lowest BCUT2D eigenvalue weighted by Crippen LogP contribution is -2.32. The summed E-state index contributed by atoms with van der Waals surface area (Å²) in [7, 11) is 0. The number of rotatable bonds is 5. The lowest BCUT2D eigenvalue weighted by atomic mass is 10.1. The number of carboxylic acid groups (broad SMARTS) is 1. The molecule has 1 atom stereocenters. The fourth-order valence-electron chi connectivity index (χ4n) is 1.54. The summed E-state index contributed by atoms with van der Waals surface area (Å²) in [6, 6.07) is 11.8. The lowest BCUT2D eigenvalue weighted by Gasteiger charge is -2.07. The summed E-state index contributed by atoms with van der Waals surface area (Å²) in [6.45, 7) is 0. The van der Waals surface area contributed by atoms with Crippen LogP contribution in [0.3, 0.4) is 0 Å². The highest BCUT2D eigenvalue weighted by molar-refractivity contribution is 5.73. The molecule has 19 heavy (non-hydrogen) atoms. The van der Waals surface area contributed by atoms with Crippen LogP contribution in [0.2, 0.25) is 0 Å². The van der Waals surface area contributed by atoms with Gasteiger partial charge in [0.05, 0.1) is 0 Å². The lowest BCUT2D eigenvalue weighted by molar-refractivity contribution is -0.138. The van der Waals surface area contributed by atoms with Gasteiger partial charge in [0.2, 0.25) is 5.88 Å². The number of para-hydroxylation sites is 1. The highest BCUT2D eigenvalue weighted by Gasteiger charge is 2.12. The molecule has 3 N–H and O–H groups in total. The molecule has 2 rings (SSSR count). The van der Waals surface area contributed by atoms with Crippen molar-refractivity contribution in [1.29, 1.82) is 0 Å². The molecule has 1 aromatic carbocycles. The summed E-state index contributed by atoms with van der Waals surface area (Å²) in [5, 5.41) is 8.72. The van der Waals surface area contributed by atoms with E-state index >= 15 is 0 Å². The molecule has 0 bridgehead atoms. The Morgan fingerprint density at radius 2 is 2.00 bits per heavy atom. The number of nitrogens with two attached hydrogens (primary N) is 1. The van der Waals surface area contributed by atoms with Crippen molar-refractivity contribution in [1.82, 2.24) is 4.98 Å². The van der Waals surface area contributed by atoms with Gasteiger partial charge in [-0.25, -0.2) is 4.98 Å². The Bertz CT molecular complexity index is 540. The number of ether oxygens (including phenoxy) is 1. The van der Waals surface area contributed by atoms with Crippen molar-refractivity contribution in [2.45, 2.75) is 12.5 Å². The van der Waals surface area contributed by atoms with E-state index in [-0.39, 0.29) is 6.42 Å². The Labute approximate surface area is 110 Å². The Balaban J connectivity index is 2.01. The van der Waals surface area contributed by atoms with Crippen molar-refractivity contribution in [3.05, 3.63) is 54.2 Å². The molecular weight excluding hydrogens is 244 g/mol. The highest BCUT2D eigenvalue weighted by atomic mass is 16.5. The highest BCUT2D eigenvalue weighted by Crippen LogP contribution is 2.18. The molecule has 1 heterocycles. The Morgan fingerprint density at radius 1 is 1.26 bits per heavy atom. The molecule has 0 aliphatic heterocycles. The Kier molecular flexibility index (Phi) is 4.10. The number of pyridine rings is 1. The van der Waals surface area contributed by atoms with Gasteiger partial charge in [-0.05, 0) is 24.1 Å². The normalized spacial score (nSPS) is 11.8. The molecule has 0 spiro atoms. The molecule has 0 saturated carbocycles. The van der Waals surface area contributed by atoms with Gasteiger partial charge in [0.15, 0.2) is 0 Å². The molecule has 5 heteroatoms. The van der Waals surface area contributed by atoms with E-state index in [2.05, 4.69) is 4.98 Å². The number of hydrogen-bond donors (Lipinski definition) is 2. The van der Waals surface area contributed by atoms with Gasteiger partial charge >= 0.3 is 5.97 Å². The van der Waals surface area contributed by atoms with E-state index in [0.717, 1.165) is 5.56 Å². The van der Waals surface area contributed by atoms with Crippen LogP contribution in [0.5, 0.6) is 11.6 Å². The van der Waals surface area contributed by atoms with Gasteiger partial charge < -0.3 is 15.6 Å². The summed E-state index contributed by atoms with van der Waals surface area (Å²) >= 11 is 0. The summed E-state index contributed by atoms with van der Waals surface area (Å²) in [5.41, 5.74) is 6.21. The molecule has 2 aromatic rings. The largest absolute Gasteiger partial charge is 0.480 e. The van der Waals surface area contributed by atoms with Crippen LogP contribution in [-0.4, -0.2) is 22.1 Å². The first-order valence-corrected chi connectivity index (χ1v) is 5.81. The number of hydrogen-bond acceptors (Lipinski definition) is 4. The quantitative estimate of drug-likeness (QED) is 0.854. The third kappa shape index (κ3) is 3.79. The fourth-order valence-corrected chi connectivity index (χ4v) is 1.54. The van der Waals surface area contributed by atoms with Crippen molar-refractivity contribution in [2.75, 3.05) is 0 Å². The maximum Gasteiger partial charge on any atom is 0.320 e. The standard InChI is InChI=1S/C14H14N2O3/c15-12(14(17)18)8-10-6-7-13(16-9-10)19-11-4-2-1-3-5-11/h1-7,9,12H,8,15H2,(H,17,18). The van der Waals surface area contributed by atoms with Crippen LogP contribution < -0.4 is 10.5 Å². The predicted molar refractivity (Wildman–Crippen MR) is 70.1 cm³/mol. The van der Waals surface area contributed by atoms with Crippen LogP contribution in [0.15, 0.2) is 48.7 Å². The van der Waals surface area contributed by atoms with Gasteiger partial charge in [-0.15, -0.1) is 0 Å². The van der Waals surface area contributed by atoms with Crippen LogP contribution >= 0.6 is 0 Å². The minimum absolute atomic E-state index is 0.244. The smallest absolute Gasteiger partial charge is 0.320 e. The molecule has 0 radical (unpaired) electrons. The molecule has 0 aliphatic carbocycles. The van der Waals surface area contributed by atoms with Gasteiger partial charge in [0.25, 0.3) is 0 Å². The predicted octanol–water partition coefficient (Wildman–Crippen LogP) is 1.83. The van der Waals surface area contributed by atoms with E-state index in [9.17, 15) is 4.79 Å². The molecular formula is C14H14N2O3. The van der Waals surface area contributed by atoms with E-state index < -0.39 is 12.0 Å². The van der Waals surface area contributed by atoms with Crippen molar-refractivity contribution in [3.63, 3.8) is 0 Å². The Hall–Kier alpha value is -2.40. The van der Waals surface area contributed by atoms with E-state index in [1.165, 1.54) is 0 Å². The molecule has 98 valence electrons. The van der Waals surface area contributed by atoms with Crippen molar-refractivity contribution in [2.24, 2.45) is 5.73 Å². The molecule has 0 saturated heterocycles. The number of carboxylic acids is 1. The zero-order chi connectivity index (χ0) is 13.7. The molecule has 1 aromatic heterocycles. The van der Waals surface area contributed by atoms with Crippen LogP contribution in [0.4, 0.5) is 0 Å². The first-order chi connectivity index (χ1) is 9.15. The third-order valence-electron chi connectivity index (χ3n) is 2.54. The third-order valence-corrected chi connectivity index (χ3v) is 2.54. The van der Waals surface area contributed by atoms with Gasteiger partial charge in [0.1, 0.15) is 11.8 Å². The first-order valence-electron chi connectivity index (χ1n) is 5.81. The van der Waals surface area contributed by atoms with E-state index in [1.54, 1.807) is 18.3 Å². The number of aromatic nitrogens is 1. The van der Waals surface area contributed by atoms with E-state index in [4.69, 9.17) is 15.6 Å². The Morgan fingerprint density at radius 3 is 2.58 bits per heavy atom. The monoisotopic (exact) mass is 258 g/mol. The second kappa shape index (κ2) is 5.97. The average molecular weight is 258 g/mol. The van der Waals surface area contributed by atoms with Crippen LogP contribution in [0.1, 0.15) is 5.56 Å². The topological polar surface area (TPSA) is 85.4 Å². The number of carbonyl (C=O) groups is 1. The summed E-state index contributed by atoms with van der Waals surface area (Å²) in [4.78, 5) is 14.8. The molecule has 0 amide bonds. The number of nitrogens with zero attached hydrogens (tertiary/aromatic N) is 1. The zero-order valence-electron chi connectivity index (χ0n) is 10.2. The minimum atomic E-state index is -1.02. The molecule has 0 fully saturated rings. The maximum absolute atomic E-state index is 10.6. The van der Waals surface area contributed by atoms with Crippen LogP contribution in [-0.2, 0) is 11.2 Å². The average Bonchev–Trinajstić information content (AvgIpc) is 2.42.